The zero-order chi connectivity index (χ0) is 13.7. The molecule has 5 heteroatoms. The summed E-state index contributed by atoms with van der Waals surface area (Å²) in [5.74, 6) is 0.863. The largest absolute Gasteiger partial charge is 0.395 e. The molecule has 0 bridgehead atoms. The molecule has 0 aromatic heterocycles. The number of hydrogen-bond donors (Lipinski definition) is 2. The summed E-state index contributed by atoms with van der Waals surface area (Å²) in [4.78, 5) is 1.56. The van der Waals surface area contributed by atoms with E-state index < -0.39 is 12.5 Å². The molecule has 4 atom stereocenters. The Morgan fingerprint density at radius 1 is 1.28 bits per heavy atom. The van der Waals surface area contributed by atoms with Crippen molar-refractivity contribution in [2.75, 3.05) is 26.2 Å². The fourth-order valence-corrected chi connectivity index (χ4v) is 3.07. The van der Waals surface area contributed by atoms with E-state index in [1.807, 2.05) is 0 Å². The van der Waals surface area contributed by atoms with Crippen LogP contribution in [0.5, 0.6) is 0 Å². The molecule has 0 amide bonds. The van der Waals surface area contributed by atoms with Crippen molar-refractivity contribution < 1.29 is 19.0 Å². The molecule has 0 aromatic carbocycles. The van der Waals surface area contributed by atoms with Gasteiger partial charge in [0, 0.05) is 19.0 Å². The summed E-state index contributed by atoms with van der Waals surface area (Å²) in [7, 11) is 0. The van der Waals surface area contributed by atoms with Crippen LogP contribution in [-0.2, 0) is 0 Å². The van der Waals surface area contributed by atoms with Crippen LogP contribution in [0.25, 0.3) is 0 Å². The second-order valence-corrected chi connectivity index (χ2v) is 5.66. The highest BCUT2D eigenvalue weighted by atomic mass is 19.3. The third kappa shape index (κ3) is 4.78. The topological polar surface area (TPSA) is 43.7 Å². The van der Waals surface area contributed by atoms with Gasteiger partial charge in [-0.25, -0.2) is 8.78 Å². The summed E-state index contributed by atoms with van der Waals surface area (Å²) in [6, 6.07) is 0. The fraction of sp³-hybridized carbons (Fsp3) is 1.00. The summed E-state index contributed by atoms with van der Waals surface area (Å²) >= 11 is 0. The van der Waals surface area contributed by atoms with Gasteiger partial charge < -0.3 is 10.2 Å². The van der Waals surface area contributed by atoms with Crippen LogP contribution in [0.2, 0.25) is 0 Å². The molecule has 1 fully saturated rings. The first-order valence-electron chi connectivity index (χ1n) is 6.73. The summed E-state index contributed by atoms with van der Waals surface area (Å²) in [6.45, 7) is 4.42. The van der Waals surface area contributed by atoms with Crippen LogP contribution in [0.1, 0.15) is 26.7 Å². The van der Waals surface area contributed by atoms with E-state index in [9.17, 15) is 13.9 Å². The van der Waals surface area contributed by atoms with Gasteiger partial charge in [0.05, 0.1) is 19.3 Å². The standard InChI is InChI=1S/C13H25F2NO2/c1-9-5-10(2)11(12(18)6-9)7-16(3-4-17)8-13(14)15/h9-13,17-18H,3-8H2,1-2H3. The first kappa shape index (κ1) is 15.8. The van der Waals surface area contributed by atoms with E-state index in [1.54, 1.807) is 4.90 Å². The molecule has 1 saturated carbocycles. The van der Waals surface area contributed by atoms with Crippen LogP contribution in [-0.4, -0.2) is 53.9 Å². The van der Waals surface area contributed by atoms with E-state index in [4.69, 9.17) is 5.11 Å². The van der Waals surface area contributed by atoms with Gasteiger partial charge >= 0.3 is 0 Å². The Labute approximate surface area is 108 Å². The molecule has 0 radical (unpaired) electrons. The zero-order valence-corrected chi connectivity index (χ0v) is 11.2. The molecular weight excluding hydrogens is 240 g/mol. The molecular formula is C13H25F2NO2. The summed E-state index contributed by atoms with van der Waals surface area (Å²) < 4.78 is 24.9. The number of aliphatic hydroxyl groups excluding tert-OH is 2. The van der Waals surface area contributed by atoms with E-state index in [-0.39, 0.29) is 25.6 Å². The third-order valence-corrected chi connectivity index (χ3v) is 3.92. The predicted octanol–water partition coefficient (Wildman–Crippen LogP) is 1.59. The lowest BCUT2D eigenvalue weighted by Crippen LogP contribution is -2.44. The van der Waals surface area contributed by atoms with Crippen molar-refractivity contribution in [3.05, 3.63) is 0 Å². The van der Waals surface area contributed by atoms with Crippen molar-refractivity contribution in [1.29, 1.82) is 0 Å². The summed E-state index contributed by atoms with van der Waals surface area (Å²) in [5, 5.41) is 19.0. The van der Waals surface area contributed by atoms with E-state index in [0.29, 0.717) is 18.4 Å². The maximum absolute atomic E-state index is 12.4. The number of halogens is 2. The summed E-state index contributed by atoms with van der Waals surface area (Å²) in [5.41, 5.74) is 0. The lowest BCUT2D eigenvalue weighted by Gasteiger charge is -2.39. The third-order valence-electron chi connectivity index (χ3n) is 3.92. The van der Waals surface area contributed by atoms with Gasteiger partial charge in [-0.3, -0.25) is 4.90 Å². The maximum atomic E-state index is 12.4. The van der Waals surface area contributed by atoms with Crippen molar-refractivity contribution in [3.63, 3.8) is 0 Å². The Morgan fingerprint density at radius 3 is 2.44 bits per heavy atom. The van der Waals surface area contributed by atoms with Crippen LogP contribution >= 0.6 is 0 Å². The lowest BCUT2D eigenvalue weighted by atomic mass is 9.73. The van der Waals surface area contributed by atoms with Crippen molar-refractivity contribution >= 4 is 0 Å². The molecule has 0 aliphatic heterocycles. The van der Waals surface area contributed by atoms with Crippen LogP contribution < -0.4 is 0 Å². The highest BCUT2D eigenvalue weighted by molar-refractivity contribution is 4.85. The number of rotatable bonds is 6. The molecule has 0 saturated heterocycles. The molecule has 0 heterocycles. The summed E-state index contributed by atoms with van der Waals surface area (Å²) in [6.07, 6.45) is -1.03. The van der Waals surface area contributed by atoms with Crippen LogP contribution in [0, 0.1) is 17.8 Å². The van der Waals surface area contributed by atoms with Crippen molar-refractivity contribution in [3.8, 4) is 0 Å². The van der Waals surface area contributed by atoms with E-state index in [2.05, 4.69) is 13.8 Å². The molecule has 3 nitrogen and oxygen atoms in total. The number of nitrogens with zero attached hydrogens (tertiary/aromatic N) is 1. The Kier molecular flexibility index (Phi) is 6.46. The fourth-order valence-electron chi connectivity index (χ4n) is 3.07. The first-order valence-corrected chi connectivity index (χ1v) is 6.73. The van der Waals surface area contributed by atoms with E-state index in [0.717, 1.165) is 12.8 Å². The number of alkyl halides is 2. The SMILES string of the molecule is CC1CC(C)C(CN(CCO)CC(F)F)C(O)C1. The minimum absolute atomic E-state index is 0.0338. The van der Waals surface area contributed by atoms with Gasteiger partial charge in [-0.15, -0.1) is 0 Å². The highest BCUT2D eigenvalue weighted by Gasteiger charge is 2.34. The molecule has 108 valence electrons. The average molecular weight is 265 g/mol. The van der Waals surface area contributed by atoms with Crippen LogP contribution in [0.4, 0.5) is 8.78 Å². The van der Waals surface area contributed by atoms with Crippen LogP contribution in [0.3, 0.4) is 0 Å². The van der Waals surface area contributed by atoms with Crippen molar-refractivity contribution in [1.82, 2.24) is 4.90 Å². The molecule has 0 spiro atoms. The van der Waals surface area contributed by atoms with Gasteiger partial charge in [0.2, 0.25) is 0 Å². The molecule has 1 aliphatic rings. The van der Waals surface area contributed by atoms with Gasteiger partial charge in [-0.1, -0.05) is 13.8 Å². The quantitative estimate of drug-likeness (QED) is 0.766. The lowest BCUT2D eigenvalue weighted by molar-refractivity contribution is -0.0148. The van der Waals surface area contributed by atoms with E-state index >= 15 is 0 Å². The average Bonchev–Trinajstić information content (AvgIpc) is 2.22. The zero-order valence-electron chi connectivity index (χ0n) is 11.2. The monoisotopic (exact) mass is 265 g/mol. The molecule has 0 aromatic rings. The van der Waals surface area contributed by atoms with Crippen molar-refractivity contribution in [2.24, 2.45) is 17.8 Å². The maximum Gasteiger partial charge on any atom is 0.251 e. The molecule has 2 N–H and O–H groups in total. The number of aliphatic hydroxyl groups is 2. The van der Waals surface area contributed by atoms with E-state index in [1.165, 1.54) is 0 Å². The Bertz CT molecular complexity index is 229. The van der Waals surface area contributed by atoms with Crippen molar-refractivity contribution in [2.45, 2.75) is 39.2 Å². The number of hydrogen-bond acceptors (Lipinski definition) is 3. The second kappa shape index (κ2) is 7.36. The van der Waals surface area contributed by atoms with Gasteiger partial charge in [0.1, 0.15) is 0 Å². The normalized spacial score (nSPS) is 33.3. The molecule has 1 aliphatic carbocycles. The highest BCUT2D eigenvalue weighted by Crippen LogP contribution is 2.34. The van der Waals surface area contributed by atoms with Gasteiger partial charge in [-0.2, -0.15) is 0 Å². The first-order chi connectivity index (χ1) is 8.43. The predicted molar refractivity (Wildman–Crippen MR) is 66.6 cm³/mol. The Hall–Kier alpha value is -0.260. The van der Waals surface area contributed by atoms with Gasteiger partial charge in [0.25, 0.3) is 6.43 Å². The Morgan fingerprint density at radius 2 is 1.94 bits per heavy atom. The second-order valence-electron chi connectivity index (χ2n) is 5.66. The molecule has 4 unspecified atom stereocenters. The molecule has 18 heavy (non-hydrogen) atoms. The Balaban J connectivity index is 2.55. The molecule has 1 rings (SSSR count). The van der Waals surface area contributed by atoms with Gasteiger partial charge in [-0.05, 0) is 24.7 Å². The van der Waals surface area contributed by atoms with Crippen LogP contribution in [0.15, 0.2) is 0 Å². The minimum atomic E-state index is -2.40. The van der Waals surface area contributed by atoms with Gasteiger partial charge in [0.15, 0.2) is 0 Å². The minimum Gasteiger partial charge on any atom is -0.395 e. The smallest absolute Gasteiger partial charge is 0.251 e.